The smallest absolute Gasteiger partial charge is 0.303 e. The maximum Gasteiger partial charge on any atom is 0.303 e. The highest BCUT2D eigenvalue weighted by atomic mass is 16.5. The summed E-state index contributed by atoms with van der Waals surface area (Å²) in [5.74, 6) is -2.02. The number of rotatable bonds is 13. The lowest BCUT2D eigenvalue weighted by Crippen LogP contribution is -2.35. The van der Waals surface area contributed by atoms with Gasteiger partial charge in [-0.3, -0.25) is 19.3 Å². The molecule has 2 amide bonds. The summed E-state index contributed by atoms with van der Waals surface area (Å²) in [6, 6.07) is 7.13. The highest BCUT2D eigenvalue weighted by Crippen LogP contribution is 2.49. The number of ether oxygens (including phenoxy) is 1. The average molecular weight is 526 g/mol. The Morgan fingerprint density at radius 1 is 1.05 bits per heavy atom. The van der Waals surface area contributed by atoms with Crippen LogP contribution in [0.4, 0.5) is 0 Å². The number of benzene rings is 1. The molecule has 0 radical (unpaired) electrons. The summed E-state index contributed by atoms with van der Waals surface area (Å²) in [6.07, 6.45) is 7.73. The standard InChI is InChI=1S/C30H39NO7/c1-2-6-19(15-20-8-11-22(33)12-9-20)10-13-25-27-21(17-32)16-23-28(24(27)18-38-25)30(37)31(29(23)36)14-5-3-4-7-26(34)35/h8-9,11-12,15,23-25,28,32-33H,2-7,10,13-14,16-18H2,1H3,(H,34,35)/b19-15+/t23-,24+,25-,28-/m1/s1. The number of allylic oxidation sites excluding steroid dienone is 1. The number of unbranched alkanes of at least 4 members (excludes halogenated alkanes) is 2. The number of phenolic OH excluding ortho intramolecular Hbond substituents is 1. The number of phenols is 1. The third kappa shape index (κ3) is 6.18. The van der Waals surface area contributed by atoms with E-state index in [4.69, 9.17) is 9.84 Å². The minimum absolute atomic E-state index is 0.0885. The largest absolute Gasteiger partial charge is 0.508 e. The van der Waals surface area contributed by atoms with Crippen molar-refractivity contribution in [3.05, 3.63) is 46.5 Å². The number of nitrogens with zero attached hydrogens (tertiary/aromatic N) is 1. The highest BCUT2D eigenvalue weighted by Gasteiger charge is 2.56. The van der Waals surface area contributed by atoms with Crippen molar-refractivity contribution in [1.82, 2.24) is 4.90 Å². The predicted molar refractivity (Wildman–Crippen MR) is 142 cm³/mol. The van der Waals surface area contributed by atoms with E-state index in [-0.39, 0.29) is 42.6 Å². The summed E-state index contributed by atoms with van der Waals surface area (Å²) >= 11 is 0. The minimum atomic E-state index is -0.840. The Labute approximate surface area is 224 Å². The van der Waals surface area contributed by atoms with E-state index in [2.05, 4.69) is 13.0 Å². The summed E-state index contributed by atoms with van der Waals surface area (Å²) in [4.78, 5) is 38.7. The maximum absolute atomic E-state index is 13.4. The van der Waals surface area contributed by atoms with Gasteiger partial charge in [0, 0.05) is 18.9 Å². The number of amides is 2. The zero-order valence-corrected chi connectivity index (χ0v) is 22.1. The maximum atomic E-state index is 13.4. The number of hydrogen-bond donors (Lipinski definition) is 3. The first kappa shape index (κ1) is 28.0. The summed E-state index contributed by atoms with van der Waals surface area (Å²) in [6.45, 7) is 2.69. The number of carboxylic acids is 1. The van der Waals surface area contributed by atoms with Gasteiger partial charge in [0.05, 0.1) is 31.2 Å². The van der Waals surface area contributed by atoms with Gasteiger partial charge < -0.3 is 20.1 Å². The molecule has 0 bridgehead atoms. The van der Waals surface area contributed by atoms with E-state index in [0.29, 0.717) is 38.8 Å². The van der Waals surface area contributed by atoms with Gasteiger partial charge in [0.25, 0.3) is 0 Å². The van der Waals surface area contributed by atoms with Crippen LogP contribution in [-0.4, -0.2) is 63.9 Å². The number of imide groups is 1. The van der Waals surface area contributed by atoms with Crippen LogP contribution in [0.5, 0.6) is 5.75 Å². The molecule has 2 heterocycles. The average Bonchev–Trinajstić information content (AvgIpc) is 3.42. The summed E-state index contributed by atoms with van der Waals surface area (Å²) in [5.41, 5.74) is 4.16. The first-order chi connectivity index (χ1) is 18.3. The second-order valence-corrected chi connectivity index (χ2v) is 10.7. The van der Waals surface area contributed by atoms with Gasteiger partial charge in [-0.1, -0.05) is 43.5 Å². The molecule has 0 unspecified atom stereocenters. The SMILES string of the molecule is CCC/C(=C\c1ccc(O)cc1)CC[C@H]1OC[C@H]2C1=C(CO)C[C@H]1C(=O)N(CCCCCC(=O)O)C(=O)[C@H]12. The Balaban J connectivity index is 1.43. The van der Waals surface area contributed by atoms with Crippen molar-refractivity contribution in [1.29, 1.82) is 0 Å². The normalized spacial score (nSPS) is 25.2. The lowest BCUT2D eigenvalue weighted by atomic mass is 9.69. The number of carbonyl (C=O) groups excluding carboxylic acids is 2. The number of carboxylic acid groups (broad SMARTS) is 1. The number of aliphatic hydroxyl groups is 1. The molecule has 1 aliphatic carbocycles. The molecule has 3 aliphatic rings. The van der Waals surface area contributed by atoms with Crippen LogP contribution >= 0.6 is 0 Å². The Morgan fingerprint density at radius 2 is 1.82 bits per heavy atom. The second kappa shape index (κ2) is 12.7. The fraction of sp³-hybridized carbons (Fsp3) is 0.567. The molecule has 1 aromatic rings. The van der Waals surface area contributed by atoms with Crippen LogP contribution in [0.25, 0.3) is 6.08 Å². The van der Waals surface area contributed by atoms with E-state index in [1.54, 1.807) is 12.1 Å². The molecule has 3 N–H and O–H groups in total. The van der Waals surface area contributed by atoms with E-state index in [1.165, 1.54) is 10.5 Å². The fourth-order valence-corrected chi connectivity index (χ4v) is 6.34. The topological polar surface area (TPSA) is 124 Å². The predicted octanol–water partition coefficient (Wildman–Crippen LogP) is 4.31. The Kier molecular flexibility index (Phi) is 9.39. The van der Waals surface area contributed by atoms with E-state index in [0.717, 1.165) is 42.4 Å². The minimum Gasteiger partial charge on any atom is -0.508 e. The third-order valence-corrected chi connectivity index (χ3v) is 8.13. The van der Waals surface area contributed by atoms with Crippen LogP contribution in [0.2, 0.25) is 0 Å². The number of aliphatic carboxylic acids is 1. The first-order valence-corrected chi connectivity index (χ1v) is 13.8. The number of likely N-dealkylation sites (tertiary alicyclic amines) is 1. The van der Waals surface area contributed by atoms with Gasteiger partial charge in [0.15, 0.2) is 0 Å². The van der Waals surface area contributed by atoms with Gasteiger partial charge in [-0.15, -0.1) is 0 Å². The zero-order valence-electron chi connectivity index (χ0n) is 22.1. The molecule has 0 aromatic heterocycles. The van der Waals surface area contributed by atoms with Crippen molar-refractivity contribution in [3.8, 4) is 5.75 Å². The van der Waals surface area contributed by atoms with Crippen molar-refractivity contribution >= 4 is 23.9 Å². The van der Waals surface area contributed by atoms with Crippen LogP contribution in [0.1, 0.15) is 70.3 Å². The molecule has 2 saturated heterocycles. The second-order valence-electron chi connectivity index (χ2n) is 10.7. The molecule has 4 rings (SSSR count). The van der Waals surface area contributed by atoms with Crippen LogP contribution in [0, 0.1) is 17.8 Å². The molecule has 2 fully saturated rings. The molecule has 206 valence electrons. The molecule has 1 aromatic carbocycles. The van der Waals surface area contributed by atoms with Crippen LogP contribution in [-0.2, 0) is 19.1 Å². The quantitative estimate of drug-likeness (QED) is 0.199. The van der Waals surface area contributed by atoms with Crippen molar-refractivity contribution in [2.45, 2.75) is 70.8 Å². The van der Waals surface area contributed by atoms with Crippen LogP contribution in [0.3, 0.4) is 0 Å². The number of aliphatic hydroxyl groups excluding tert-OH is 1. The third-order valence-electron chi connectivity index (χ3n) is 8.13. The van der Waals surface area contributed by atoms with Crippen molar-refractivity contribution in [3.63, 3.8) is 0 Å². The number of carbonyl (C=O) groups is 3. The molecular weight excluding hydrogens is 486 g/mol. The summed E-state index contributed by atoms with van der Waals surface area (Å²) in [7, 11) is 0. The van der Waals surface area contributed by atoms with Gasteiger partial charge in [-0.25, -0.2) is 0 Å². The summed E-state index contributed by atoms with van der Waals surface area (Å²) in [5, 5.41) is 28.6. The zero-order chi connectivity index (χ0) is 27.2. The molecule has 0 saturated carbocycles. The lowest BCUT2D eigenvalue weighted by molar-refractivity contribution is -0.141. The number of fused-ring (bicyclic) bond motifs is 3. The van der Waals surface area contributed by atoms with Gasteiger partial charge in [-0.2, -0.15) is 0 Å². The summed E-state index contributed by atoms with van der Waals surface area (Å²) < 4.78 is 6.22. The molecule has 38 heavy (non-hydrogen) atoms. The Morgan fingerprint density at radius 3 is 2.50 bits per heavy atom. The first-order valence-electron chi connectivity index (χ1n) is 13.8. The Hall–Kier alpha value is -2.97. The molecule has 8 heteroatoms. The molecule has 0 spiro atoms. The van der Waals surface area contributed by atoms with Crippen molar-refractivity contribution in [2.75, 3.05) is 19.8 Å². The number of hydrogen-bond acceptors (Lipinski definition) is 6. The van der Waals surface area contributed by atoms with E-state index in [1.807, 2.05) is 12.1 Å². The molecule has 4 atom stereocenters. The molecule has 2 aliphatic heterocycles. The highest BCUT2D eigenvalue weighted by molar-refractivity contribution is 6.06. The van der Waals surface area contributed by atoms with Gasteiger partial charge in [0.1, 0.15) is 5.75 Å². The van der Waals surface area contributed by atoms with Crippen LogP contribution in [0.15, 0.2) is 41.0 Å². The van der Waals surface area contributed by atoms with Crippen LogP contribution < -0.4 is 0 Å². The van der Waals surface area contributed by atoms with Gasteiger partial charge in [0.2, 0.25) is 11.8 Å². The van der Waals surface area contributed by atoms with E-state index in [9.17, 15) is 24.6 Å². The van der Waals surface area contributed by atoms with E-state index < -0.39 is 17.8 Å². The lowest BCUT2D eigenvalue weighted by Gasteiger charge is -2.31. The van der Waals surface area contributed by atoms with Crippen molar-refractivity contribution in [2.24, 2.45) is 17.8 Å². The monoisotopic (exact) mass is 525 g/mol. The fourth-order valence-electron chi connectivity index (χ4n) is 6.34. The van der Waals surface area contributed by atoms with Gasteiger partial charge in [-0.05, 0) is 67.4 Å². The number of aromatic hydroxyl groups is 1. The molecular formula is C30H39NO7. The van der Waals surface area contributed by atoms with E-state index >= 15 is 0 Å². The van der Waals surface area contributed by atoms with Crippen molar-refractivity contribution < 1.29 is 34.4 Å². The molecule has 8 nitrogen and oxygen atoms in total. The van der Waals surface area contributed by atoms with Gasteiger partial charge >= 0.3 is 5.97 Å². The Bertz CT molecular complexity index is 1090.